The Morgan fingerprint density at radius 1 is 1.03 bits per heavy atom. The van der Waals surface area contributed by atoms with Gasteiger partial charge in [0.15, 0.2) is 5.78 Å². The average Bonchev–Trinajstić information content (AvgIpc) is 2.74. The molecule has 11 N–H and O–H groups in total. The van der Waals surface area contributed by atoms with Crippen LogP contribution >= 0.6 is 12.4 Å². The molecular weight excluding hydrogens is 432 g/mol. The van der Waals surface area contributed by atoms with Gasteiger partial charge in [0.2, 0.25) is 17.8 Å². The standard InChI is InChI=1S/C20H30N8O.ClH.2H3N.2H2/c1-15(29)16-5-7-17(8-6-16)23-18-24-19(27-11-3-2-4-12-27)26-20(25-18)28(13-9-21)14-10-22;;;;;/h5-8H,2-4,9-14,21-22H2,1H3,(H,23,24,25,26);1H;2*1H3;2*1H. The summed E-state index contributed by atoms with van der Waals surface area (Å²) in [5.41, 5.74) is 13.0. The number of hydrogen-bond acceptors (Lipinski definition) is 11. The van der Waals surface area contributed by atoms with Crippen molar-refractivity contribution in [1.29, 1.82) is 0 Å². The molecule has 0 spiro atoms. The molecule has 0 radical (unpaired) electrons. The van der Waals surface area contributed by atoms with Crippen LogP contribution in [-0.2, 0) is 0 Å². The first-order valence-electron chi connectivity index (χ1n) is 10.1. The van der Waals surface area contributed by atoms with E-state index in [1.54, 1.807) is 19.1 Å². The SMILES string of the molecule is CC(=O)c1ccc(Nc2nc(N(CCN)CCN)nc(N3CCCCC3)n2)cc1.Cl.N.N.[HH].[HH]. The molecule has 32 heavy (non-hydrogen) atoms. The van der Waals surface area contributed by atoms with E-state index in [0.29, 0.717) is 49.6 Å². The van der Waals surface area contributed by atoms with Crippen molar-refractivity contribution in [2.75, 3.05) is 54.4 Å². The lowest BCUT2D eigenvalue weighted by molar-refractivity contribution is 0.101. The summed E-state index contributed by atoms with van der Waals surface area (Å²) < 4.78 is 0. The van der Waals surface area contributed by atoms with Gasteiger partial charge in [0, 0.05) is 53.4 Å². The number of aromatic nitrogens is 3. The van der Waals surface area contributed by atoms with Crippen LogP contribution in [0.15, 0.2) is 24.3 Å². The monoisotopic (exact) mass is 472 g/mol. The molecular formula is C20H41ClN10O. The van der Waals surface area contributed by atoms with Crippen molar-refractivity contribution < 1.29 is 7.65 Å². The number of nitrogens with two attached hydrogens (primary N) is 2. The van der Waals surface area contributed by atoms with Crippen LogP contribution in [0, 0.1) is 0 Å². The summed E-state index contributed by atoms with van der Waals surface area (Å²) in [6.45, 7) is 5.63. The molecule has 1 aliphatic heterocycles. The summed E-state index contributed by atoms with van der Waals surface area (Å²) in [6.07, 6.45) is 3.49. The van der Waals surface area contributed by atoms with Gasteiger partial charge in [0.25, 0.3) is 0 Å². The van der Waals surface area contributed by atoms with E-state index in [1.165, 1.54) is 6.42 Å². The van der Waals surface area contributed by atoms with Crippen LogP contribution in [0.5, 0.6) is 0 Å². The first-order chi connectivity index (χ1) is 14.1. The Kier molecular flexibility index (Phi) is 13.3. The summed E-state index contributed by atoms with van der Waals surface area (Å²) >= 11 is 0. The first-order valence-corrected chi connectivity index (χ1v) is 10.1. The van der Waals surface area contributed by atoms with Gasteiger partial charge in [-0.25, -0.2) is 0 Å². The van der Waals surface area contributed by atoms with E-state index in [0.717, 1.165) is 31.6 Å². The van der Waals surface area contributed by atoms with E-state index in [9.17, 15) is 4.79 Å². The van der Waals surface area contributed by atoms with Crippen LogP contribution < -0.4 is 38.9 Å². The maximum Gasteiger partial charge on any atom is 0.233 e. The number of anilines is 4. The summed E-state index contributed by atoms with van der Waals surface area (Å²) in [4.78, 5) is 29.6. The molecule has 0 unspecified atom stereocenters. The maximum absolute atomic E-state index is 11.5. The predicted octanol–water partition coefficient (Wildman–Crippen LogP) is 2.77. The number of nitrogens with one attached hydrogen (secondary N) is 1. The van der Waals surface area contributed by atoms with Crippen molar-refractivity contribution >= 4 is 41.7 Å². The van der Waals surface area contributed by atoms with Gasteiger partial charge < -0.3 is 38.9 Å². The highest BCUT2D eigenvalue weighted by Gasteiger charge is 2.19. The number of hydrogen-bond donors (Lipinski definition) is 5. The number of piperidine rings is 1. The number of Topliss-reactive ketones (excluding diaryl/α,β-unsaturated/α-hetero) is 1. The van der Waals surface area contributed by atoms with Crippen molar-refractivity contribution in [3.8, 4) is 0 Å². The lowest BCUT2D eigenvalue weighted by Gasteiger charge is -2.28. The molecule has 184 valence electrons. The van der Waals surface area contributed by atoms with Gasteiger partial charge >= 0.3 is 0 Å². The zero-order valence-electron chi connectivity index (χ0n) is 18.8. The molecule has 3 rings (SSSR count). The lowest BCUT2D eigenvalue weighted by Crippen LogP contribution is -2.36. The van der Waals surface area contributed by atoms with Crippen molar-refractivity contribution in [2.24, 2.45) is 11.5 Å². The molecule has 2 aromatic rings. The Morgan fingerprint density at radius 2 is 1.62 bits per heavy atom. The van der Waals surface area contributed by atoms with Crippen LogP contribution in [0.2, 0.25) is 0 Å². The van der Waals surface area contributed by atoms with Crippen molar-refractivity contribution in [1.82, 2.24) is 27.3 Å². The van der Waals surface area contributed by atoms with Gasteiger partial charge in [-0.2, -0.15) is 15.0 Å². The molecule has 0 bridgehead atoms. The first kappa shape index (κ1) is 29.4. The maximum atomic E-state index is 11.5. The molecule has 0 atom stereocenters. The van der Waals surface area contributed by atoms with E-state index in [-0.39, 0.29) is 33.3 Å². The Hall–Kier alpha value is -2.57. The quantitative estimate of drug-likeness (QED) is 0.336. The Balaban J connectivity index is -0.00000192. The Morgan fingerprint density at radius 3 is 2.16 bits per heavy atom. The van der Waals surface area contributed by atoms with Gasteiger partial charge in [-0.1, -0.05) is 0 Å². The second-order valence-corrected chi connectivity index (χ2v) is 7.13. The molecule has 0 amide bonds. The third-order valence-electron chi connectivity index (χ3n) is 4.88. The average molecular weight is 473 g/mol. The number of ketones is 1. The van der Waals surface area contributed by atoms with Gasteiger partial charge in [0.05, 0.1) is 0 Å². The Labute approximate surface area is 198 Å². The minimum Gasteiger partial charge on any atom is -0.344 e. The van der Waals surface area contributed by atoms with Gasteiger partial charge in [-0.15, -0.1) is 12.4 Å². The summed E-state index contributed by atoms with van der Waals surface area (Å²) in [6, 6.07) is 7.26. The van der Waals surface area contributed by atoms with Crippen LogP contribution in [0.4, 0.5) is 23.5 Å². The fourth-order valence-electron chi connectivity index (χ4n) is 3.33. The summed E-state index contributed by atoms with van der Waals surface area (Å²) in [5.74, 6) is 1.73. The highest BCUT2D eigenvalue weighted by atomic mass is 35.5. The second kappa shape index (κ2) is 14.5. The largest absolute Gasteiger partial charge is 0.344 e. The van der Waals surface area contributed by atoms with Gasteiger partial charge in [-0.05, 0) is 50.5 Å². The van der Waals surface area contributed by atoms with E-state index < -0.39 is 0 Å². The molecule has 1 aromatic heterocycles. The Bertz CT molecular complexity index is 820. The zero-order chi connectivity index (χ0) is 20.6. The molecule has 12 heteroatoms. The third kappa shape index (κ3) is 7.84. The number of nitrogens with zero attached hydrogens (tertiary/aromatic N) is 5. The summed E-state index contributed by atoms with van der Waals surface area (Å²) in [5, 5.41) is 3.24. The van der Waals surface area contributed by atoms with Gasteiger partial charge in [-0.3, -0.25) is 4.79 Å². The molecule has 11 nitrogen and oxygen atoms in total. The fourth-order valence-corrected chi connectivity index (χ4v) is 3.33. The number of benzene rings is 1. The molecule has 0 aliphatic carbocycles. The molecule has 1 aliphatic rings. The molecule has 1 saturated heterocycles. The van der Waals surface area contributed by atoms with E-state index >= 15 is 0 Å². The van der Waals surface area contributed by atoms with Crippen LogP contribution in [0.25, 0.3) is 0 Å². The van der Waals surface area contributed by atoms with Crippen LogP contribution in [-0.4, -0.2) is 60.0 Å². The molecule has 1 fully saturated rings. The molecule has 1 aromatic carbocycles. The predicted molar refractivity (Wildman–Crippen MR) is 137 cm³/mol. The topological polar surface area (TPSA) is 196 Å². The highest BCUT2D eigenvalue weighted by molar-refractivity contribution is 5.94. The number of halogens is 1. The smallest absolute Gasteiger partial charge is 0.233 e. The van der Waals surface area contributed by atoms with E-state index in [1.807, 2.05) is 17.0 Å². The third-order valence-corrected chi connectivity index (χ3v) is 4.88. The fraction of sp³-hybridized carbons (Fsp3) is 0.500. The number of carbonyl (C=O) groups excluding carboxylic acids is 1. The zero-order valence-corrected chi connectivity index (χ0v) is 19.6. The second-order valence-electron chi connectivity index (χ2n) is 7.13. The van der Waals surface area contributed by atoms with Crippen molar-refractivity contribution in [3.63, 3.8) is 0 Å². The van der Waals surface area contributed by atoms with Crippen molar-refractivity contribution in [2.45, 2.75) is 26.2 Å². The molecule has 2 heterocycles. The van der Waals surface area contributed by atoms with E-state index in [4.69, 9.17) is 16.5 Å². The number of rotatable bonds is 9. The summed E-state index contributed by atoms with van der Waals surface area (Å²) in [7, 11) is 0. The number of carbonyl (C=O) groups is 1. The van der Waals surface area contributed by atoms with Crippen LogP contribution in [0.3, 0.4) is 0 Å². The minimum absolute atomic E-state index is 0. The highest BCUT2D eigenvalue weighted by Crippen LogP contribution is 2.22. The minimum atomic E-state index is 0. The normalized spacial score (nSPS) is 12.7. The van der Waals surface area contributed by atoms with E-state index in [2.05, 4.69) is 20.2 Å². The lowest BCUT2D eigenvalue weighted by atomic mass is 10.1. The molecule has 0 saturated carbocycles. The van der Waals surface area contributed by atoms with Crippen LogP contribution in [0.1, 0.15) is 39.4 Å². The van der Waals surface area contributed by atoms with Crippen molar-refractivity contribution in [3.05, 3.63) is 29.8 Å². The van der Waals surface area contributed by atoms with Gasteiger partial charge in [0.1, 0.15) is 0 Å².